The maximum absolute atomic E-state index is 14.1. The maximum atomic E-state index is 14.1. The van der Waals surface area contributed by atoms with E-state index in [9.17, 15) is 14.7 Å². The lowest BCUT2D eigenvalue weighted by atomic mass is 9.88. The van der Waals surface area contributed by atoms with Crippen LogP contribution in [0.5, 0.6) is 0 Å². The minimum absolute atomic E-state index is 0.173. The fourth-order valence-corrected chi connectivity index (χ4v) is 4.94. The van der Waals surface area contributed by atoms with E-state index in [1.807, 2.05) is 81.4 Å². The van der Waals surface area contributed by atoms with Gasteiger partial charge in [0, 0.05) is 11.1 Å². The van der Waals surface area contributed by atoms with Gasteiger partial charge in [0.25, 0.3) is 5.91 Å². The van der Waals surface area contributed by atoms with Gasteiger partial charge < -0.3 is 9.84 Å². The molecular formula is C29H31ClN2O4. The molecule has 2 amide bonds. The molecule has 0 radical (unpaired) electrons. The van der Waals surface area contributed by atoms with Crippen molar-refractivity contribution in [2.24, 2.45) is 5.92 Å². The van der Waals surface area contributed by atoms with Gasteiger partial charge >= 0.3 is 6.09 Å². The molecule has 4 atom stereocenters. The van der Waals surface area contributed by atoms with Crippen LogP contribution in [0.2, 0.25) is 5.02 Å². The van der Waals surface area contributed by atoms with Crippen molar-refractivity contribution in [2.45, 2.75) is 51.5 Å². The van der Waals surface area contributed by atoms with Gasteiger partial charge in [-0.05, 0) is 56.0 Å². The number of ether oxygens (including phenoxy) is 1. The molecule has 0 saturated carbocycles. The molecule has 0 spiro atoms. The number of amides is 2. The molecule has 3 aromatic rings. The number of benzene rings is 3. The molecular weight excluding hydrogens is 476 g/mol. The standard InChI is InChI=1S/C29H31ClN2O4/c1-19(2)31-20(3)27(23-12-8-5-9-13-23)36-29(35)32(31)28(34)25(18-21-10-6-4-7-11-21)26(33)22-14-16-24(30)17-15-22/h4-17,19-20,25-27,33H,18H2,1-3H3/t20-,25-,26+,27-/m0/s1. The fraction of sp³-hybridized carbons (Fsp3) is 0.310. The summed E-state index contributed by atoms with van der Waals surface area (Å²) in [6.07, 6.45) is -2.18. The van der Waals surface area contributed by atoms with Gasteiger partial charge in [-0.1, -0.05) is 84.4 Å². The second kappa shape index (κ2) is 11.2. The molecule has 1 heterocycles. The van der Waals surface area contributed by atoms with Crippen LogP contribution in [0, 0.1) is 5.92 Å². The summed E-state index contributed by atoms with van der Waals surface area (Å²) >= 11 is 6.04. The number of hydrogen-bond donors (Lipinski definition) is 1. The lowest BCUT2D eigenvalue weighted by Gasteiger charge is -2.47. The summed E-state index contributed by atoms with van der Waals surface area (Å²) in [4.78, 5) is 27.5. The second-order valence-electron chi connectivity index (χ2n) is 9.37. The van der Waals surface area contributed by atoms with E-state index in [1.54, 1.807) is 29.3 Å². The summed E-state index contributed by atoms with van der Waals surface area (Å²) < 4.78 is 5.83. The van der Waals surface area contributed by atoms with Crippen LogP contribution in [0.4, 0.5) is 4.79 Å². The molecule has 0 bridgehead atoms. The van der Waals surface area contributed by atoms with Crippen molar-refractivity contribution in [1.82, 2.24) is 10.0 Å². The number of aliphatic hydroxyl groups is 1. The van der Waals surface area contributed by atoms with Crippen molar-refractivity contribution >= 4 is 23.6 Å². The second-order valence-corrected chi connectivity index (χ2v) is 9.81. The Balaban J connectivity index is 1.70. The lowest BCUT2D eigenvalue weighted by Crippen LogP contribution is -2.63. The first-order chi connectivity index (χ1) is 17.3. The third-order valence-corrected chi connectivity index (χ3v) is 6.81. The van der Waals surface area contributed by atoms with Crippen LogP contribution >= 0.6 is 11.6 Å². The molecule has 188 valence electrons. The normalized spacial score (nSPS) is 20.2. The Morgan fingerprint density at radius 2 is 1.56 bits per heavy atom. The van der Waals surface area contributed by atoms with E-state index in [0.29, 0.717) is 10.6 Å². The molecule has 1 N–H and O–H groups in total. The van der Waals surface area contributed by atoms with Gasteiger partial charge in [0.1, 0.15) is 6.10 Å². The van der Waals surface area contributed by atoms with Gasteiger partial charge in [-0.2, -0.15) is 10.0 Å². The van der Waals surface area contributed by atoms with Crippen molar-refractivity contribution in [2.75, 3.05) is 0 Å². The Kier molecular flexibility index (Phi) is 8.09. The third kappa shape index (κ3) is 5.46. The number of aliphatic hydroxyl groups excluding tert-OH is 1. The number of cyclic esters (lactones) is 1. The van der Waals surface area contributed by atoms with Crippen LogP contribution in [0.1, 0.15) is 49.7 Å². The van der Waals surface area contributed by atoms with E-state index in [1.165, 1.54) is 0 Å². The predicted octanol–water partition coefficient (Wildman–Crippen LogP) is 5.97. The summed E-state index contributed by atoms with van der Waals surface area (Å²) in [6.45, 7) is 5.80. The highest BCUT2D eigenvalue weighted by molar-refractivity contribution is 6.30. The summed E-state index contributed by atoms with van der Waals surface area (Å²) in [5.74, 6) is -1.44. The zero-order valence-electron chi connectivity index (χ0n) is 20.6. The van der Waals surface area contributed by atoms with E-state index in [4.69, 9.17) is 16.3 Å². The number of carbonyl (C=O) groups is 2. The van der Waals surface area contributed by atoms with Gasteiger partial charge in [-0.25, -0.2) is 4.79 Å². The topological polar surface area (TPSA) is 70.1 Å². The van der Waals surface area contributed by atoms with Crippen LogP contribution in [0.25, 0.3) is 0 Å². The van der Waals surface area contributed by atoms with Crippen LogP contribution < -0.4 is 0 Å². The fourth-order valence-electron chi connectivity index (χ4n) is 4.82. The predicted molar refractivity (Wildman–Crippen MR) is 139 cm³/mol. The average molecular weight is 507 g/mol. The first kappa shape index (κ1) is 25.9. The molecule has 0 aromatic heterocycles. The average Bonchev–Trinajstić information content (AvgIpc) is 2.88. The van der Waals surface area contributed by atoms with Crippen molar-refractivity contribution in [3.05, 3.63) is 107 Å². The summed E-state index contributed by atoms with van der Waals surface area (Å²) in [7, 11) is 0. The molecule has 0 unspecified atom stereocenters. The minimum atomic E-state index is -1.15. The van der Waals surface area contributed by atoms with Crippen LogP contribution in [0.15, 0.2) is 84.9 Å². The van der Waals surface area contributed by atoms with Crippen molar-refractivity contribution in [3.63, 3.8) is 0 Å². The number of hydrazine groups is 1. The number of halogens is 1. The largest absolute Gasteiger partial charge is 0.438 e. The molecule has 1 fully saturated rings. The number of imide groups is 1. The Morgan fingerprint density at radius 3 is 2.14 bits per heavy atom. The number of hydrogen-bond acceptors (Lipinski definition) is 5. The van der Waals surface area contributed by atoms with E-state index < -0.39 is 30.1 Å². The summed E-state index contributed by atoms with van der Waals surface area (Å²) in [5.41, 5.74) is 2.28. The van der Waals surface area contributed by atoms with Crippen LogP contribution in [0.3, 0.4) is 0 Å². The van der Waals surface area contributed by atoms with Crippen molar-refractivity contribution < 1.29 is 19.4 Å². The van der Waals surface area contributed by atoms with E-state index in [2.05, 4.69) is 0 Å². The zero-order valence-corrected chi connectivity index (χ0v) is 21.4. The van der Waals surface area contributed by atoms with E-state index in [-0.39, 0.29) is 18.5 Å². The summed E-state index contributed by atoms with van der Waals surface area (Å²) in [5, 5.41) is 14.8. The molecule has 1 aliphatic rings. The molecule has 1 aliphatic heterocycles. The Hall–Kier alpha value is -3.19. The van der Waals surface area contributed by atoms with Crippen molar-refractivity contribution in [1.29, 1.82) is 0 Å². The summed E-state index contributed by atoms with van der Waals surface area (Å²) in [6, 6.07) is 25.2. The Bertz CT molecular complexity index is 1170. The third-order valence-electron chi connectivity index (χ3n) is 6.56. The molecule has 4 rings (SSSR count). The van der Waals surface area contributed by atoms with Gasteiger partial charge in [0.05, 0.1) is 18.1 Å². The minimum Gasteiger partial charge on any atom is -0.438 e. The van der Waals surface area contributed by atoms with Crippen LogP contribution in [-0.2, 0) is 16.0 Å². The molecule has 7 heteroatoms. The van der Waals surface area contributed by atoms with Gasteiger partial charge in [-0.15, -0.1) is 0 Å². The SMILES string of the molecule is CC(C)N1[C@@H](C)[C@@H](c2ccccc2)OC(=O)N1C(=O)[C@@H](Cc1ccccc1)[C@H](O)c1ccc(Cl)cc1. The van der Waals surface area contributed by atoms with Crippen molar-refractivity contribution in [3.8, 4) is 0 Å². The van der Waals surface area contributed by atoms with E-state index in [0.717, 1.165) is 16.1 Å². The number of rotatable bonds is 7. The molecule has 36 heavy (non-hydrogen) atoms. The first-order valence-electron chi connectivity index (χ1n) is 12.1. The molecule has 0 aliphatic carbocycles. The molecule has 3 aromatic carbocycles. The monoisotopic (exact) mass is 506 g/mol. The number of carbonyl (C=O) groups excluding carboxylic acids is 2. The highest BCUT2D eigenvalue weighted by atomic mass is 35.5. The first-order valence-corrected chi connectivity index (χ1v) is 12.5. The van der Waals surface area contributed by atoms with Gasteiger partial charge in [0.15, 0.2) is 0 Å². The molecule has 1 saturated heterocycles. The lowest BCUT2D eigenvalue weighted by molar-refractivity contribution is -0.182. The highest BCUT2D eigenvalue weighted by Gasteiger charge is 2.47. The van der Waals surface area contributed by atoms with Gasteiger partial charge in [-0.3, -0.25) is 4.79 Å². The Morgan fingerprint density at radius 1 is 0.972 bits per heavy atom. The van der Waals surface area contributed by atoms with Crippen LogP contribution in [-0.4, -0.2) is 39.2 Å². The van der Waals surface area contributed by atoms with E-state index >= 15 is 0 Å². The smallest absolute Gasteiger partial charge is 0.432 e. The highest BCUT2D eigenvalue weighted by Crippen LogP contribution is 2.36. The van der Waals surface area contributed by atoms with Gasteiger partial charge in [0.2, 0.25) is 0 Å². The molecule has 6 nitrogen and oxygen atoms in total. The zero-order chi connectivity index (χ0) is 25.8. The number of nitrogens with zero attached hydrogens (tertiary/aromatic N) is 2. The Labute approximate surface area is 217 Å². The quantitative estimate of drug-likeness (QED) is 0.427. The maximum Gasteiger partial charge on any atom is 0.432 e.